The summed E-state index contributed by atoms with van der Waals surface area (Å²) < 4.78 is 29.1. The van der Waals surface area contributed by atoms with E-state index in [1.807, 2.05) is 55.4 Å². The molecule has 1 aliphatic heterocycles. The lowest BCUT2D eigenvalue weighted by atomic mass is 10.0. The molecule has 0 saturated carbocycles. The molecule has 1 aliphatic rings. The number of rotatable bonds is 8. The summed E-state index contributed by atoms with van der Waals surface area (Å²) in [5.41, 5.74) is 4.56. The van der Waals surface area contributed by atoms with Gasteiger partial charge in [-0.2, -0.15) is 0 Å². The molecule has 1 atom stereocenters. The van der Waals surface area contributed by atoms with Crippen molar-refractivity contribution in [1.29, 1.82) is 0 Å². The van der Waals surface area contributed by atoms with Gasteiger partial charge >= 0.3 is 0 Å². The van der Waals surface area contributed by atoms with E-state index in [0.717, 1.165) is 36.0 Å². The van der Waals surface area contributed by atoms with Crippen molar-refractivity contribution >= 4 is 27.1 Å². The fourth-order valence-electron chi connectivity index (χ4n) is 4.35. The number of hydrogen-bond acceptors (Lipinski definition) is 6. The van der Waals surface area contributed by atoms with Crippen molar-refractivity contribution < 1.29 is 13.3 Å². The van der Waals surface area contributed by atoms with Crippen LogP contribution >= 0.6 is 0 Å². The highest BCUT2D eigenvalue weighted by Gasteiger charge is 2.29. The standard InChI is InChI=1S/C25H28N4O4S/c1-18-8-11-22(29(30)31)16-25(18)34(32,33)26-17-24(20-9-12-21(13-10-20)27(2)3)28-15-14-19-6-4-5-7-23(19)28/h4-13,16,24,26H,14-15,17H2,1-3H3. The number of aryl methyl sites for hydroxylation is 1. The van der Waals surface area contributed by atoms with Crippen molar-refractivity contribution in [3.8, 4) is 0 Å². The second-order valence-corrected chi connectivity index (χ2v) is 10.4. The zero-order valence-electron chi connectivity index (χ0n) is 19.4. The van der Waals surface area contributed by atoms with Gasteiger partial charge in [0.25, 0.3) is 5.69 Å². The predicted molar refractivity (Wildman–Crippen MR) is 134 cm³/mol. The first kappa shape index (κ1) is 23.7. The predicted octanol–water partition coefficient (Wildman–Crippen LogP) is 4.05. The summed E-state index contributed by atoms with van der Waals surface area (Å²) in [6.07, 6.45) is 0.888. The molecule has 0 spiro atoms. The first-order chi connectivity index (χ1) is 16.2. The SMILES string of the molecule is Cc1ccc([N+](=O)[O-])cc1S(=O)(=O)NCC(c1ccc(N(C)C)cc1)N1CCc2ccccc21. The van der Waals surface area contributed by atoms with Crippen LogP contribution < -0.4 is 14.5 Å². The zero-order chi connectivity index (χ0) is 24.5. The van der Waals surface area contributed by atoms with Crippen molar-refractivity contribution in [3.63, 3.8) is 0 Å². The zero-order valence-corrected chi connectivity index (χ0v) is 20.2. The van der Waals surface area contributed by atoms with Crippen molar-refractivity contribution in [2.75, 3.05) is 37.0 Å². The number of sulfonamides is 1. The minimum Gasteiger partial charge on any atom is -0.378 e. The van der Waals surface area contributed by atoms with E-state index >= 15 is 0 Å². The highest BCUT2D eigenvalue weighted by atomic mass is 32.2. The maximum absolute atomic E-state index is 13.2. The van der Waals surface area contributed by atoms with Gasteiger partial charge in [0.1, 0.15) is 0 Å². The van der Waals surface area contributed by atoms with E-state index in [4.69, 9.17) is 0 Å². The Labute approximate surface area is 200 Å². The van der Waals surface area contributed by atoms with E-state index in [1.165, 1.54) is 17.7 Å². The molecular formula is C25H28N4O4S. The number of non-ortho nitro benzene ring substituents is 1. The van der Waals surface area contributed by atoms with Gasteiger partial charge in [-0.25, -0.2) is 13.1 Å². The van der Waals surface area contributed by atoms with Gasteiger partial charge in [-0.3, -0.25) is 10.1 Å². The van der Waals surface area contributed by atoms with Crippen LogP contribution in [0, 0.1) is 17.0 Å². The molecule has 178 valence electrons. The molecule has 0 aliphatic carbocycles. The summed E-state index contributed by atoms with van der Waals surface area (Å²) in [7, 11) is -0.0260. The normalized spacial score (nSPS) is 14.0. The molecule has 1 heterocycles. The lowest BCUT2D eigenvalue weighted by Gasteiger charge is -2.31. The third kappa shape index (κ3) is 4.76. The number of nitrogens with one attached hydrogen (secondary N) is 1. The van der Waals surface area contributed by atoms with Crippen LogP contribution in [-0.4, -0.2) is 40.5 Å². The Morgan fingerprint density at radius 2 is 1.79 bits per heavy atom. The van der Waals surface area contributed by atoms with E-state index in [2.05, 4.69) is 21.8 Å². The summed E-state index contributed by atoms with van der Waals surface area (Å²) in [6.45, 7) is 2.53. The number of hydrogen-bond donors (Lipinski definition) is 1. The molecule has 9 heteroatoms. The Kier molecular flexibility index (Phi) is 6.58. The van der Waals surface area contributed by atoms with Gasteiger partial charge < -0.3 is 9.80 Å². The minimum absolute atomic E-state index is 0.0785. The molecule has 0 saturated heterocycles. The summed E-state index contributed by atoms with van der Waals surface area (Å²) >= 11 is 0. The average Bonchev–Trinajstić information content (AvgIpc) is 3.23. The van der Waals surface area contributed by atoms with Gasteiger partial charge in [-0.15, -0.1) is 0 Å². The molecule has 0 radical (unpaired) electrons. The number of fused-ring (bicyclic) bond motifs is 1. The topological polar surface area (TPSA) is 95.8 Å². The van der Waals surface area contributed by atoms with Gasteiger partial charge in [-0.1, -0.05) is 36.4 Å². The monoisotopic (exact) mass is 480 g/mol. The van der Waals surface area contributed by atoms with Gasteiger partial charge in [-0.05, 0) is 48.2 Å². The van der Waals surface area contributed by atoms with Gasteiger partial charge in [0.2, 0.25) is 10.0 Å². The Morgan fingerprint density at radius 3 is 2.47 bits per heavy atom. The quantitative estimate of drug-likeness (QED) is 0.386. The first-order valence-electron chi connectivity index (χ1n) is 11.0. The molecule has 0 amide bonds. The third-order valence-electron chi connectivity index (χ3n) is 6.23. The van der Waals surface area contributed by atoms with Gasteiger partial charge in [0, 0.05) is 50.7 Å². The molecule has 0 fully saturated rings. The van der Waals surface area contributed by atoms with Crippen LogP contribution in [0.5, 0.6) is 0 Å². The Balaban J connectivity index is 1.67. The smallest absolute Gasteiger partial charge is 0.270 e. The first-order valence-corrected chi connectivity index (χ1v) is 12.5. The summed E-state index contributed by atoms with van der Waals surface area (Å²) in [6, 6.07) is 19.9. The van der Waals surface area contributed by atoms with E-state index in [9.17, 15) is 18.5 Å². The lowest BCUT2D eigenvalue weighted by molar-refractivity contribution is -0.385. The van der Waals surface area contributed by atoms with Crippen LogP contribution in [0.25, 0.3) is 0 Å². The Bertz CT molecular complexity index is 1310. The molecule has 4 rings (SSSR count). The Morgan fingerprint density at radius 1 is 1.09 bits per heavy atom. The fraction of sp³-hybridized carbons (Fsp3) is 0.280. The average molecular weight is 481 g/mol. The minimum atomic E-state index is -3.97. The van der Waals surface area contributed by atoms with E-state index < -0.39 is 14.9 Å². The molecule has 34 heavy (non-hydrogen) atoms. The number of nitro groups is 1. The number of anilines is 2. The maximum atomic E-state index is 13.2. The van der Waals surface area contributed by atoms with E-state index in [0.29, 0.717) is 5.56 Å². The molecule has 0 bridgehead atoms. The van der Waals surface area contributed by atoms with Gasteiger partial charge in [0.05, 0.1) is 15.9 Å². The van der Waals surface area contributed by atoms with Crippen LogP contribution in [0.2, 0.25) is 0 Å². The highest BCUT2D eigenvalue weighted by Crippen LogP contribution is 2.35. The van der Waals surface area contributed by atoms with E-state index in [-0.39, 0.29) is 23.2 Å². The van der Waals surface area contributed by atoms with Crippen molar-refractivity contribution in [2.45, 2.75) is 24.3 Å². The Hall–Kier alpha value is -3.43. The second-order valence-electron chi connectivity index (χ2n) is 8.63. The van der Waals surface area contributed by atoms with Gasteiger partial charge in [0.15, 0.2) is 0 Å². The third-order valence-corrected chi connectivity index (χ3v) is 7.80. The molecule has 0 aromatic heterocycles. The van der Waals surface area contributed by atoms with Crippen molar-refractivity contribution in [3.05, 3.63) is 93.5 Å². The maximum Gasteiger partial charge on any atom is 0.270 e. The van der Waals surface area contributed by atoms with Crippen molar-refractivity contribution in [2.24, 2.45) is 0 Å². The number of benzene rings is 3. The van der Waals surface area contributed by atoms with Crippen LogP contribution in [0.15, 0.2) is 71.6 Å². The molecular weight excluding hydrogens is 452 g/mol. The lowest BCUT2D eigenvalue weighted by Crippen LogP contribution is -2.37. The summed E-state index contributed by atoms with van der Waals surface area (Å²) in [5.74, 6) is 0. The van der Waals surface area contributed by atoms with Crippen LogP contribution in [0.3, 0.4) is 0 Å². The molecule has 3 aromatic rings. The summed E-state index contributed by atoms with van der Waals surface area (Å²) in [4.78, 5) is 14.8. The number of para-hydroxylation sites is 1. The van der Waals surface area contributed by atoms with Crippen molar-refractivity contribution in [1.82, 2.24) is 4.72 Å². The van der Waals surface area contributed by atoms with Crippen LogP contribution in [0.4, 0.5) is 17.1 Å². The second kappa shape index (κ2) is 9.44. The molecule has 1 unspecified atom stereocenters. The van der Waals surface area contributed by atoms with Crippen LogP contribution in [-0.2, 0) is 16.4 Å². The molecule has 8 nitrogen and oxygen atoms in total. The number of nitro benzene ring substituents is 1. The molecule has 1 N–H and O–H groups in total. The highest BCUT2D eigenvalue weighted by molar-refractivity contribution is 7.89. The fourth-order valence-corrected chi connectivity index (χ4v) is 5.65. The van der Waals surface area contributed by atoms with E-state index in [1.54, 1.807) is 6.92 Å². The molecule has 3 aromatic carbocycles. The number of nitrogens with zero attached hydrogens (tertiary/aromatic N) is 3. The largest absolute Gasteiger partial charge is 0.378 e. The summed E-state index contributed by atoms with van der Waals surface area (Å²) in [5, 5.41) is 11.2. The van der Waals surface area contributed by atoms with Crippen LogP contribution in [0.1, 0.15) is 22.7 Å².